The van der Waals surface area contributed by atoms with Gasteiger partial charge in [-0.15, -0.1) is 5.10 Å². The number of aromatic nitrogens is 2. The van der Waals surface area contributed by atoms with E-state index in [-0.39, 0.29) is 23.0 Å². The van der Waals surface area contributed by atoms with Gasteiger partial charge in [0.05, 0.1) is 43.4 Å². The lowest BCUT2D eigenvalue weighted by Gasteiger charge is -2.26. The number of methoxy groups -OCH3 is 3. The van der Waals surface area contributed by atoms with Crippen LogP contribution in [0.3, 0.4) is 0 Å². The molecule has 1 aliphatic rings. The molecule has 0 amide bonds. The number of benzene rings is 2. The number of nitrogens with zero attached hydrogens (tertiary/aromatic N) is 3. The van der Waals surface area contributed by atoms with Crippen molar-refractivity contribution in [2.75, 3.05) is 21.3 Å². The normalized spacial score (nSPS) is 14.7. The Morgan fingerprint density at radius 3 is 2.33 bits per heavy atom. The van der Waals surface area contributed by atoms with E-state index in [1.54, 1.807) is 24.3 Å². The number of ether oxygens (including phenoxy) is 4. The summed E-state index contributed by atoms with van der Waals surface area (Å²) >= 11 is 0. The maximum atomic E-state index is 11.0. The van der Waals surface area contributed by atoms with E-state index in [9.17, 15) is 15.4 Å². The van der Waals surface area contributed by atoms with Gasteiger partial charge in [-0.3, -0.25) is 15.2 Å². The maximum Gasteiger partial charge on any atom is 0.269 e. The highest BCUT2D eigenvalue weighted by atomic mass is 16.6. The van der Waals surface area contributed by atoms with E-state index in [2.05, 4.69) is 16.3 Å². The molecule has 168 valence electrons. The number of allylic oxidation sites excluding steroid dienone is 1. The minimum atomic E-state index is -0.725. The number of nitrogens with one attached hydrogen (secondary N) is 1. The lowest BCUT2D eigenvalue weighted by atomic mass is 9.82. The van der Waals surface area contributed by atoms with Gasteiger partial charge in [-0.2, -0.15) is 5.26 Å². The number of nitrogens with two attached hydrogens (primary N) is 1. The van der Waals surface area contributed by atoms with Gasteiger partial charge in [0, 0.05) is 29.3 Å². The van der Waals surface area contributed by atoms with Crippen LogP contribution in [0, 0.1) is 21.4 Å². The van der Waals surface area contributed by atoms with Crippen molar-refractivity contribution in [2.45, 2.75) is 5.92 Å². The first-order chi connectivity index (χ1) is 15.9. The molecule has 33 heavy (non-hydrogen) atoms. The summed E-state index contributed by atoms with van der Waals surface area (Å²) in [5.41, 5.74) is 8.39. The van der Waals surface area contributed by atoms with Gasteiger partial charge in [0.25, 0.3) is 5.69 Å². The third-order valence-electron chi connectivity index (χ3n) is 5.35. The molecule has 2 aromatic carbocycles. The molecule has 1 aromatic heterocycles. The van der Waals surface area contributed by atoms with E-state index in [4.69, 9.17) is 24.7 Å². The van der Waals surface area contributed by atoms with E-state index < -0.39 is 10.8 Å². The first-order valence-corrected chi connectivity index (χ1v) is 9.64. The van der Waals surface area contributed by atoms with Crippen molar-refractivity contribution in [1.29, 1.82) is 5.26 Å². The second kappa shape index (κ2) is 8.43. The van der Waals surface area contributed by atoms with Crippen LogP contribution in [0.4, 0.5) is 5.69 Å². The van der Waals surface area contributed by atoms with Crippen LogP contribution < -0.4 is 24.7 Å². The number of nitro groups is 1. The quantitative estimate of drug-likeness (QED) is 0.425. The summed E-state index contributed by atoms with van der Waals surface area (Å²) in [6.07, 6.45) is 0. The lowest BCUT2D eigenvalue weighted by Crippen LogP contribution is -2.21. The summed E-state index contributed by atoms with van der Waals surface area (Å²) in [6, 6.07) is 11.4. The molecular weight excluding hydrogens is 430 g/mol. The van der Waals surface area contributed by atoms with Crippen LogP contribution in [0.5, 0.6) is 23.1 Å². The van der Waals surface area contributed by atoms with E-state index in [1.807, 2.05) is 0 Å². The smallest absolute Gasteiger partial charge is 0.269 e. The van der Waals surface area contributed by atoms with Crippen LogP contribution in [0.25, 0.3) is 11.3 Å². The van der Waals surface area contributed by atoms with Gasteiger partial charge in [-0.05, 0) is 18.2 Å². The highest BCUT2D eigenvalue weighted by Crippen LogP contribution is 2.50. The van der Waals surface area contributed by atoms with Crippen molar-refractivity contribution >= 4 is 5.69 Å². The Balaban J connectivity index is 1.96. The van der Waals surface area contributed by atoms with Crippen LogP contribution in [-0.4, -0.2) is 36.5 Å². The molecule has 3 N–H and O–H groups in total. The van der Waals surface area contributed by atoms with Crippen LogP contribution in [0.2, 0.25) is 0 Å². The van der Waals surface area contributed by atoms with Crippen molar-refractivity contribution in [2.24, 2.45) is 5.73 Å². The Hall–Kier alpha value is -4.72. The van der Waals surface area contributed by atoms with Crippen molar-refractivity contribution in [1.82, 2.24) is 10.2 Å². The zero-order chi connectivity index (χ0) is 23.7. The van der Waals surface area contributed by atoms with Crippen molar-refractivity contribution in [3.8, 4) is 40.5 Å². The maximum absolute atomic E-state index is 11.0. The summed E-state index contributed by atoms with van der Waals surface area (Å²) in [6.45, 7) is 0. The predicted octanol–water partition coefficient (Wildman–Crippen LogP) is 3.23. The second-order valence-corrected chi connectivity index (χ2v) is 7.00. The predicted molar refractivity (Wildman–Crippen MR) is 116 cm³/mol. The minimum Gasteiger partial charge on any atom is -0.496 e. The van der Waals surface area contributed by atoms with Gasteiger partial charge < -0.3 is 24.7 Å². The Labute approximate surface area is 188 Å². The Morgan fingerprint density at radius 2 is 1.76 bits per heavy atom. The summed E-state index contributed by atoms with van der Waals surface area (Å²) in [5.74, 6) is 0.677. The number of nitriles is 1. The van der Waals surface area contributed by atoms with Crippen LogP contribution in [-0.2, 0) is 0 Å². The fourth-order valence-electron chi connectivity index (χ4n) is 3.80. The SMILES string of the molecule is COc1cc(OC)c([C@@H]2C(C#N)=C(N)Oc3n[nH]c(-c4ccc([N+](=O)[O-])cc4)c32)cc1OC. The van der Waals surface area contributed by atoms with Gasteiger partial charge in [0.15, 0.2) is 11.5 Å². The minimum absolute atomic E-state index is 0.0525. The number of hydrogen-bond acceptors (Lipinski definition) is 9. The molecule has 11 heteroatoms. The van der Waals surface area contributed by atoms with Crippen molar-refractivity contribution in [3.63, 3.8) is 0 Å². The number of hydrogen-bond donors (Lipinski definition) is 2. The summed E-state index contributed by atoms with van der Waals surface area (Å²) in [7, 11) is 4.50. The molecule has 3 aromatic rings. The molecule has 0 spiro atoms. The first-order valence-electron chi connectivity index (χ1n) is 9.64. The highest BCUT2D eigenvalue weighted by molar-refractivity contribution is 5.73. The standard InChI is InChI=1S/C22H19N5O6/c1-30-15-9-17(32-3)16(31-2)8-13(15)18-14(10-23)21(24)33-22-19(18)20(25-26-22)11-4-6-12(7-5-11)27(28)29/h4-9,18H,24H2,1-3H3,(H,25,26)/t18-/m1/s1. The van der Waals surface area contributed by atoms with Gasteiger partial charge in [-0.1, -0.05) is 0 Å². The number of non-ortho nitro benzene ring substituents is 1. The molecule has 0 saturated carbocycles. The molecule has 1 aliphatic heterocycles. The third kappa shape index (κ3) is 3.53. The fraction of sp³-hybridized carbons (Fsp3) is 0.182. The fourth-order valence-corrected chi connectivity index (χ4v) is 3.80. The van der Waals surface area contributed by atoms with Crippen molar-refractivity contribution < 1.29 is 23.9 Å². The molecule has 0 bridgehead atoms. The molecule has 0 unspecified atom stereocenters. The lowest BCUT2D eigenvalue weighted by molar-refractivity contribution is -0.384. The van der Waals surface area contributed by atoms with Gasteiger partial charge in [-0.25, -0.2) is 0 Å². The van der Waals surface area contributed by atoms with E-state index in [1.165, 1.54) is 33.5 Å². The zero-order valence-corrected chi connectivity index (χ0v) is 17.9. The van der Waals surface area contributed by atoms with Gasteiger partial charge >= 0.3 is 0 Å². The second-order valence-electron chi connectivity index (χ2n) is 7.00. The number of aromatic amines is 1. The number of rotatable bonds is 6. The summed E-state index contributed by atoms with van der Waals surface area (Å²) in [5, 5.41) is 28.1. The van der Waals surface area contributed by atoms with E-state index in [0.29, 0.717) is 39.6 Å². The molecule has 11 nitrogen and oxygen atoms in total. The third-order valence-corrected chi connectivity index (χ3v) is 5.35. The Morgan fingerprint density at radius 1 is 1.12 bits per heavy atom. The Bertz CT molecular complexity index is 1310. The number of nitro benzene ring substituents is 1. The average molecular weight is 449 g/mol. The number of fused-ring (bicyclic) bond motifs is 1. The summed E-state index contributed by atoms with van der Waals surface area (Å²) in [4.78, 5) is 10.6. The van der Waals surface area contributed by atoms with Gasteiger partial charge in [0.2, 0.25) is 11.8 Å². The van der Waals surface area contributed by atoms with Crippen LogP contribution in [0.15, 0.2) is 47.9 Å². The van der Waals surface area contributed by atoms with Crippen LogP contribution in [0.1, 0.15) is 17.0 Å². The van der Waals surface area contributed by atoms with Crippen LogP contribution >= 0.6 is 0 Å². The zero-order valence-electron chi connectivity index (χ0n) is 17.9. The number of H-pyrrole nitrogens is 1. The Kier molecular flexibility index (Phi) is 5.49. The molecule has 1 atom stereocenters. The monoisotopic (exact) mass is 449 g/mol. The molecule has 4 rings (SSSR count). The van der Waals surface area contributed by atoms with E-state index >= 15 is 0 Å². The largest absolute Gasteiger partial charge is 0.496 e. The summed E-state index contributed by atoms with van der Waals surface area (Å²) < 4.78 is 22.0. The molecule has 0 aliphatic carbocycles. The van der Waals surface area contributed by atoms with Gasteiger partial charge in [0.1, 0.15) is 17.4 Å². The topological polar surface area (TPSA) is 159 Å². The first kappa shape index (κ1) is 21.5. The average Bonchev–Trinajstić information content (AvgIpc) is 3.25. The molecular formula is C22H19N5O6. The molecule has 2 heterocycles. The highest BCUT2D eigenvalue weighted by Gasteiger charge is 2.38. The molecule has 0 fully saturated rings. The molecule has 0 saturated heterocycles. The van der Waals surface area contributed by atoms with Crippen molar-refractivity contribution in [3.05, 3.63) is 69.1 Å². The van der Waals surface area contributed by atoms with E-state index in [0.717, 1.165) is 0 Å². The molecule has 0 radical (unpaired) electrons.